The Kier molecular flexibility index (Phi) is 5.06. The second kappa shape index (κ2) is 5.47. The molecule has 0 saturated carbocycles. The van der Waals surface area contributed by atoms with Crippen molar-refractivity contribution in [3.05, 3.63) is 0 Å². The van der Waals surface area contributed by atoms with E-state index in [9.17, 15) is 13.6 Å². The lowest BCUT2D eigenvalue weighted by Gasteiger charge is -2.00. The molecule has 0 saturated heterocycles. The Hall–Kier alpha value is -0.670. The Morgan fingerprint density at radius 3 is 2.78 bits per heavy atom. The maximum Gasteiger partial charge on any atom is 0.207 e. The van der Waals surface area contributed by atoms with Crippen LogP contribution in [0.2, 0.25) is 0 Å². The van der Waals surface area contributed by atoms with Crippen LogP contribution in [0.1, 0.15) is 6.42 Å². The van der Waals surface area contributed by atoms with Gasteiger partial charge in [-0.2, -0.15) is 0 Å². The predicted molar refractivity (Wildman–Crippen MR) is 29.6 cm³/mol. The number of rotatable bonds is 5. The molecule has 2 nitrogen and oxygen atoms in total. The molecule has 0 aliphatic rings. The average molecular weight is 137 g/mol. The fourth-order valence-electron chi connectivity index (χ4n) is 0.376. The van der Waals surface area contributed by atoms with Crippen molar-refractivity contribution in [1.29, 1.82) is 0 Å². The molecule has 9 heavy (non-hydrogen) atoms. The molecule has 0 rings (SSSR count). The van der Waals surface area contributed by atoms with Crippen LogP contribution in [0.3, 0.4) is 0 Å². The molecule has 1 amide bonds. The molecule has 0 fully saturated rings. The third-order valence-corrected chi connectivity index (χ3v) is 0.853. The lowest BCUT2D eigenvalue weighted by molar-refractivity contribution is -0.109. The highest BCUT2D eigenvalue weighted by Gasteiger charge is 2.02. The number of hydrogen-bond acceptors (Lipinski definition) is 1. The van der Waals surface area contributed by atoms with E-state index in [4.69, 9.17) is 0 Å². The Labute approximate surface area is 52.2 Å². The molecular formula is C5H9F2NO. The van der Waals surface area contributed by atoms with Gasteiger partial charge in [0, 0.05) is 6.54 Å². The molecule has 4 heteroatoms. The SMILES string of the molecule is O=CNCCC(F)CF. The molecule has 0 aliphatic carbocycles. The molecule has 0 radical (unpaired) electrons. The maximum atomic E-state index is 11.9. The van der Waals surface area contributed by atoms with Gasteiger partial charge in [-0.1, -0.05) is 0 Å². The first-order chi connectivity index (χ1) is 4.31. The lowest BCUT2D eigenvalue weighted by atomic mass is 10.3. The first-order valence-corrected chi connectivity index (χ1v) is 2.68. The predicted octanol–water partition coefficient (Wildman–Crippen LogP) is 0.430. The second-order valence-electron chi connectivity index (χ2n) is 1.61. The Morgan fingerprint density at radius 1 is 1.67 bits per heavy atom. The van der Waals surface area contributed by atoms with Crippen LogP contribution in [0.5, 0.6) is 0 Å². The van der Waals surface area contributed by atoms with Gasteiger partial charge in [0.15, 0.2) is 0 Å². The minimum atomic E-state index is -1.43. The summed E-state index contributed by atoms with van der Waals surface area (Å²) < 4.78 is 23.2. The number of halogens is 2. The first kappa shape index (κ1) is 8.33. The molecule has 1 atom stereocenters. The molecular weight excluding hydrogens is 128 g/mol. The highest BCUT2D eigenvalue weighted by atomic mass is 19.2. The Balaban J connectivity index is 2.96. The molecule has 0 spiro atoms. The molecule has 1 N–H and O–H groups in total. The molecule has 0 bridgehead atoms. The molecule has 0 aromatic carbocycles. The highest BCUT2D eigenvalue weighted by Crippen LogP contribution is 1.95. The topological polar surface area (TPSA) is 29.1 Å². The fraction of sp³-hybridized carbons (Fsp3) is 0.800. The van der Waals surface area contributed by atoms with Crippen molar-refractivity contribution in [3.63, 3.8) is 0 Å². The molecule has 0 aromatic rings. The number of nitrogens with one attached hydrogen (secondary N) is 1. The zero-order valence-electron chi connectivity index (χ0n) is 4.94. The van der Waals surface area contributed by atoms with Gasteiger partial charge in [0.25, 0.3) is 0 Å². The molecule has 1 unspecified atom stereocenters. The summed E-state index contributed by atoms with van der Waals surface area (Å²) in [5, 5.41) is 2.23. The van der Waals surface area contributed by atoms with E-state index in [0.29, 0.717) is 6.41 Å². The number of carbonyl (C=O) groups is 1. The summed E-state index contributed by atoms with van der Waals surface area (Å²) in [5.41, 5.74) is 0. The molecule has 0 aliphatic heterocycles. The van der Waals surface area contributed by atoms with E-state index in [-0.39, 0.29) is 13.0 Å². The van der Waals surface area contributed by atoms with Crippen molar-refractivity contribution in [2.75, 3.05) is 13.2 Å². The third-order valence-electron chi connectivity index (χ3n) is 0.853. The van der Waals surface area contributed by atoms with Gasteiger partial charge in [0.2, 0.25) is 6.41 Å². The molecule has 0 aromatic heterocycles. The Bertz CT molecular complexity index is 79.4. The van der Waals surface area contributed by atoms with Crippen molar-refractivity contribution in [2.24, 2.45) is 0 Å². The van der Waals surface area contributed by atoms with Crippen LogP contribution < -0.4 is 5.32 Å². The second-order valence-corrected chi connectivity index (χ2v) is 1.61. The van der Waals surface area contributed by atoms with Crippen molar-refractivity contribution >= 4 is 6.41 Å². The van der Waals surface area contributed by atoms with Crippen molar-refractivity contribution in [3.8, 4) is 0 Å². The molecule has 54 valence electrons. The summed E-state index contributed by atoms with van der Waals surface area (Å²) >= 11 is 0. The van der Waals surface area contributed by atoms with E-state index in [2.05, 4.69) is 5.32 Å². The van der Waals surface area contributed by atoms with Crippen LogP contribution in [0.4, 0.5) is 8.78 Å². The van der Waals surface area contributed by atoms with Crippen molar-refractivity contribution < 1.29 is 13.6 Å². The maximum absolute atomic E-state index is 11.9. The van der Waals surface area contributed by atoms with Gasteiger partial charge in [0.1, 0.15) is 12.8 Å². The highest BCUT2D eigenvalue weighted by molar-refractivity contribution is 5.45. The summed E-state index contributed by atoms with van der Waals surface area (Å²) in [7, 11) is 0. The summed E-state index contributed by atoms with van der Waals surface area (Å²) in [5.74, 6) is 0. The summed E-state index contributed by atoms with van der Waals surface area (Å²) in [6.07, 6.45) is -0.919. The van der Waals surface area contributed by atoms with Crippen molar-refractivity contribution in [2.45, 2.75) is 12.6 Å². The quantitative estimate of drug-likeness (QED) is 0.432. The van der Waals surface area contributed by atoms with E-state index in [1.165, 1.54) is 0 Å². The van der Waals surface area contributed by atoms with E-state index >= 15 is 0 Å². The van der Waals surface area contributed by atoms with Gasteiger partial charge in [-0.25, -0.2) is 8.78 Å². The van der Waals surface area contributed by atoms with Gasteiger partial charge >= 0.3 is 0 Å². The van der Waals surface area contributed by atoms with E-state index < -0.39 is 12.8 Å². The first-order valence-electron chi connectivity index (χ1n) is 2.68. The minimum absolute atomic E-state index is 0.0508. The van der Waals surface area contributed by atoms with Crippen LogP contribution >= 0.6 is 0 Å². The number of carbonyl (C=O) groups excluding carboxylic acids is 1. The largest absolute Gasteiger partial charge is 0.359 e. The summed E-state index contributed by atoms with van der Waals surface area (Å²) in [6, 6.07) is 0. The lowest BCUT2D eigenvalue weighted by Crippen LogP contribution is -2.17. The van der Waals surface area contributed by atoms with Crippen LogP contribution in [0.15, 0.2) is 0 Å². The van der Waals surface area contributed by atoms with Gasteiger partial charge in [-0.3, -0.25) is 4.79 Å². The number of alkyl halides is 2. The van der Waals surface area contributed by atoms with Gasteiger partial charge < -0.3 is 5.32 Å². The fourth-order valence-corrected chi connectivity index (χ4v) is 0.376. The summed E-state index contributed by atoms with van der Waals surface area (Å²) in [6.45, 7) is -0.769. The van der Waals surface area contributed by atoms with Gasteiger partial charge in [-0.05, 0) is 6.42 Å². The normalized spacial score (nSPS) is 12.7. The average Bonchev–Trinajstić information content (AvgIpc) is 1.89. The monoisotopic (exact) mass is 137 g/mol. The van der Waals surface area contributed by atoms with Crippen LogP contribution in [-0.2, 0) is 4.79 Å². The minimum Gasteiger partial charge on any atom is -0.359 e. The zero-order chi connectivity index (χ0) is 7.11. The summed E-state index contributed by atoms with van der Waals surface area (Å²) in [4.78, 5) is 9.55. The smallest absolute Gasteiger partial charge is 0.207 e. The zero-order valence-corrected chi connectivity index (χ0v) is 4.94. The van der Waals surface area contributed by atoms with Crippen LogP contribution in [-0.4, -0.2) is 25.8 Å². The van der Waals surface area contributed by atoms with E-state index in [1.807, 2.05) is 0 Å². The van der Waals surface area contributed by atoms with Gasteiger partial charge in [-0.15, -0.1) is 0 Å². The number of hydrogen-bond donors (Lipinski definition) is 1. The third kappa shape index (κ3) is 5.20. The van der Waals surface area contributed by atoms with E-state index in [0.717, 1.165) is 0 Å². The van der Waals surface area contributed by atoms with Gasteiger partial charge in [0.05, 0.1) is 0 Å². The van der Waals surface area contributed by atoms with Crippen molar-refractivity contribution in [1.82, 2.24) is 5.32 Å². The Morgan fingerprint density at radius 2 is 2.33 bits per heavy atom. The number of amides is 1. The van der Waals surface area contributed by atoms with Crippen LogP contribution in [0, 0.1) is 0 Å². The van der Waals surface area contributed by atoms with E-state index in [1.54, 1.807) is 0 Å². The standard InChI is InChI=1S/C5H9F2NO/c6-3-5(7)1-2-8-4-9/h4-5H,1-3H2,(H,8,9). The van der Waals surface area contributed by atoms with Crippen LogP contribution in [0.25, 0.3) is 0 Å². The molecule has 0 heterocycles.